The van der Waals surface area contributed by atoms with Gasteiger partial charge in [0.1, 0.15) is 19.0 Å². The Labute approximate surface area is 246 Å². The second-order valence-electron chi connectivity index (χ2n) is 11.0. The molecular weight excluding hydrogens is 510 g/mol. The van der Waals surface area contributed by atoms with E-state index in [1.165, 1.54) is 17.6 Å². The summed E-state index contributed by atoms with van der Waals surface area (Å²) in [4.78, 5) is 13.9. The van der Waals surface area contributed by atoms with Gasteiger partial charge in [0.2, 0.25) is 5.75 Å². The van der Waals surface area contributed by atoms with E-state index in [1.807, 2.05) is 53.1 Å². The summed E-state index contributed by atoms with van der Waals surface area (Å²) in [6.07, 6.45) is 12.5. The van der Waals surface area contributed by atoms with Crippen LogP contribution in [0.3, 0.4) is 0 Å². The van der Waals surface area contributed by atoms with E-state index in [4.69, 9.17) is 14.2 Å². The number of rotatable bonds is 18. The molecule has 222 valence electrons. The summed E-state index contributed by atoms with van der Waals surface area (Å²) in [7, 11) is 0. The first-order valence-corrected chi connectivity index (χ1v) is 15.4. The number of ether oxygens (including phenoxy) is 3. The van der Waals surface area contributed by atoms with E-state index >= 15 is 0 Å². The maximum absolute atomic E-state index is 13.9. The van der Waals surface area contributed by atoms with E-state index in [1.54, 1.807) is 0 Å². The van der Waals surface area contributed by atoms with Gasteiger partial charge in [-0.2, -0.15) is 0 Å². The molecule has 41 heavy (non-hydrogen) atoms. The van der Waals surface area contributed by atoms with Crippen molar-refractivity contribution in [1.82, 2.24) is 4.57 Å². The molecule has 0 aliphatic carbocycles. The molecule has 0 bridgehead atoms. The minimum atomic E-state index is -0.148. The number of benzene rings is 2. The summed E-state index contributed by atoms with van der Waals surface area (Å²) in [5.41, 5.74) is 4.34. The minimum Gasteiger partial charge on any atom is -0.489 e. The molecule has 0 atom stereocenters. The zero-order chi connectivity index (χ0) is 29.5. The summed E-state index contributed by atoms with van der Waals surface area (Å²) >= 11 is 0. The maximum Gasteiger partial charge on any atom is 0.297 e. The minimum absolute atomic E-state index is 0.148. The lowest BCUT2D eigenvalue weighted by Crippen LogP contribution is -2.24. The Morgan fingerprint density at radius 1 is 0.829 bits per heavy atom. The highest BCUT2D eigenvalue weighted by molar-refractivity contribution is 5.89. The van der Waals surface area contributed by atoms with Crippen molar-refractivity contribution in [3.05, 3.63) is 87.7 Å². The molecule has 5 nitrogen and oxygen atoms in total. The number of aryl methyl sites for hydroxylation is 1. The lowest BCUT2D eigenvalue weighted by molar-refractivity contribution is 0.275. The molecule has 2 aromatic carbocycles. The average Bonchev–Trinajstić information content (AvgIpc) is 2.97. The molecule has 1 heterocycles. The van der Waals surface area contributed by atoms with Crippen LogP contribution in [-0.4, -0.2) is 17.8 Å². The first-order chi connectivity index (χ1) is 19.9. The van der Waals surface area contributed by atoms with Crippen molar-refractivity contribution in [3.8, 4) is 17.2 Å². The van der Waals surface area contributed by atoms with Crippen LogP contribution in [0.5, 0.6) is 17.2 Å². The SMILES string of the molecule is CCCCCCOc1c(OC/C=C(\C)CCC=C(C)C)c(=O)n(CCCC)c2cc(OCc3ccccc3)ccc12. The predicted molar refractivity (Wildman–Crippen MR) is 171 cm³/mol. The van der Waals surface area contributed by atoms with Gasteiger partial charge in [-0.15, -0.1) is 0 Å². The van der Waals surface area contributed by atoms with Crippen molar-refractivity contribution in [3.63, 3.8) is 0 Å². The van der Waals surface area contributed by atoms with Gasteiger partial charge >= 0.3 is 0 Å². The molecule has 1 aromatic heterocycles. The Kier molecular flexibility index (Phi) is 13.6. The molecule has 0 aliphatic heterocycles. The van der Waals surface area contributed by atoms with Crippen LogP contribution in [0.15, 0.2) is 76.6 Å². The molecule has 0 aliphatic rings. The summed E-state index contributed by atoms with van der Waals surface area (Å²) in [6.45, 7) is 12.6. The van der Waals surface area contributed by atoms with Crippen LogP contribution in [0.25, 0.3) is 10.9 Å². The van der Waals surface area contributed by atoms with Crippen molar-refractivity contribution in [2.45, 2.75) is 99.1 Å². The predicted octanol–water partition coefficient (Wildman–Crippen LogP) is 9.41. The van der Waals surface area contributed by atoms with Gasteiger partial charge in [0, 0.05) is 18.0 Å². The number of allylic oxidation sites excluding steroid dienone is 3. The van der Waals surface area contributed by atoms with Crippen LogP contribution in [-0.2, 0) is 13.2 Å². The Bertz CT molecular complexity index is 1330. The fourth-order valence-electron chi connectivity index (χ4n) is 4.68. The average molecular weight is 560 g/mol. The van der Waals surface area contributed by atoms with Crippen LogP contribution < -0.4 is 19.8 Å². The number of pyridine rings is 1. The highest BCUT2D eigenvalue weighted by Crippen LogP contribution is 2.35. The first kappa shape index (κ1) is 32.0. The van der Waals surface area contributed by atoms with E-state index in [0.717, 1.165) is 67.2 Å². The molecule has 0 N–H and O–H groups in total. The fourth-order valence-corrected chi connectivity index (χ4v) is 4.68. The van der Waals surface area contributed by atoms with Gasteiger partial charge < -0.3 is 18.8 Å². The van der Waals surface area contributed by atoms with Gasteiger partial charge in [0.15, 0.2) is 5.75 Å². The Morgan fingerprint density at radius 2 is 1.61 bits per heavy atom. The van der Waals surface area contributed by atoms with E-state index in [9.17, 15) is 4.79 Å². The normalized spacial score (nSPS) is 11.5. The molecule has 0 saturated heterocycles. The third kappa shape index (κ3) is 10.1. The largest absolute Gasteiger partial charge is 0.489 e. The van der Waals surface area contributed by atoms with Crippen molar-refractivity contribution in [2.24, 2.45) is 0 Å². The van der Waals surface area contributed by atoms with E-state index in [2.05, 4.69) is 46.8 Å². The molecule has 0 fully saturated rings. The summed E-state index contributed by atoms with van der Waals surface area (Å²) < 4.78 is 20.5. The number of nitrogens with zero attached hydrogens (tertiary/aromatic N) is 1. The summed E-state index contributed by atoms with van der Waals surface area (Å²) in [6, 6.07) is 16.0. The summed E-state index contributed by atoms with van der Waals surface area (Å²) in [5.74, 6) is 1.57. The van der Waals surface area contributed by atoms with Gasteiger partial charge in [-0.3, -0.25) is 4.79 Å². The molecular formula is C36H49NO4. The van der Waals surface area contributed by atoms with E-state index < -0.39 is 0 Å². The molecule has 0 spiro atoms. The smallest absolute Gasteiger partial charge is 0.297 e. The van der Waals surface area contributed by atoms with Gasteiger partial charge in [-0.05, 0) is 70.2 Å². The molecule has 0 radical (unpaired) electrons. The van der Waals surface area contributed by atoms with Crippen LogP contribution >= 0.6 is 0 Å². The van der Waals surface area contributed by atoms with E-state index in [0.29, 0.717) is 37.9 Å². The Morgan fingerprint density at radius 3 is 2.34 bits per heavy atom. The van der Waals surface area contributed by atoms with Crippen molar-refractivity contribution >= 4 is 10.9 Å². The monoisotopic (exact) mass is 559 g/mol. The zero-order valence-electron chi connectivity index (χ0n) is 25.8. The van der Waals surface area contributed by atoms with Gasteiger partial charge in [-0.25, -0.2) is 0 Å². The lowest BCUT2D eigenvalue weighted by atomic mass is 10.1. The Balaban J connectivity index is 1.96. The second kappa shape index (κ2) is 17.4. The van der Waals surface area contributed by atoms with Gasteiger partial charge in [0.05, 0.1) is 12.1 Å². The van der Waals surface area contributed by atoms with Crippen LogP contribution in [0, 0.1) is 0 Å². The highest BCUT2D eigenvalue weighted by atomic mass is 16.5. The number of unbranched alkanes of at least 4 members (excludes halogenated alkanes) is 4. The highest BCUT2D eigenvalue weighted by Gasteiger charge is 2.20. The number of fused-ring (bicyclic) bond motifs is 1. The third-order valence-corrected chi connectivity index (χ3v) is 7.13. The van der Waals surface area contributed by atoms with Crippen molar-refractivity contribution in [2.75, 3.05) is 13.2 Å². The first-order valence-electron chi connectivity index (χ1n) is 15.4. The summed E-state index contributed by atoms with van der Waals surface area (Å²) in [5, 5.41) is 0.877. The van der Waals surface area contributed by atoms with Crippen LogP contribution in [0.2, 0.25) is 0 Å². The molecule has 0 amide bonds. The molecule has 0 unspecified atom stereocenters. The number of hydrogen-bond donors (Lipinski definition) is 0. The van der Waals surface area contributed by atoms with Crippen molar-refractivity contribution < 1.29 is 14.2 Å². The maximum atomic E-state index is 13.9. The lowest BCUT2D eigenvalue weighted by Gasteiger charge is -2.19. The standard InChI is InChI=1S/C36H49NO4/c1-6-8-10-14-24-39-34-32-21-20-31(41-27-30-18-12-11-13-19-30)26-33(32)37(23-9-7-2)36(38)35(34)40-25-22-29(5)17-15-16-28(3)4/h11-13,16,18-22,26H,6-10,14-15,17,23-25,27H2,1-5H3/b29-22+. The Hall–Kier alpha value is -3.47. The molecule has 3 aromatic rings. The topological polar surface area (TPSA) is 49.7 Å². The zero-order valence-corrected chi connectivity index (χ0v) is 25.8. The quantitative estimate of drug-likeness (QED) is 0.115. The molecule has 0 saturated carbocycles. The fraction of sp³-hybridized carbons (Fsp3) is 0.472. The second-order valence-corrected chi connectivity index (χ2v) is 11.0. The van der Waals surface area contributed by atoms with Crippen LogP contribution in [0.1, 0.15) is 91.5 Å². The third-order valence-electron chi connectivity index (χ3n) is 7.13. The molecule has 5 heteroatoms. The van der Waals surface area contributed by atoms with Gasteiger partial charge in [-0.1, -0.05) is 87.1 Å². The van der Waals surface area contributed by atoms with Crippen LogP contribution in [0.4, 0.5) is 0 Å². The number of hydrogen-bond acceptors (Lipinski definition) is 4. The van der Waals surface area contributed by atoms with Crippen molar-refractivity contribution in [1.29, 1.82) is 0 Å². The van der Waals surface area contributed by atoms with Gasteiger partial charge in [0.25, 0.3) is 5.56 Å². The number of aromatic nitrogens is 1. The molecule has 3 rings (SSSR count). The van der Waals surface area contributed by atoms with E-state index in [-0.39, 0.29) is 5.56 Å².